The second kappa shape index (κ2) is 14.6. The second-order valence-electron chi connectivity index (χ2n) is 9.74. The fraction of sp³-hybridized carbons (Fsp3) is 0.176. The molecule has 1 atom stereocenters. The molecule has 3 aromatic carbocycles. The summed E-state index contributed by atoms with van der Waals surface area (Å²) in [7, 11) is 0. The van der Waals surface area contributed by atoms with Crippen LogP contribution in [0.3, 0.4) is 0 Å². The van der Waals surface area contributed by atoms with Crippen molar-refractivity contribution in [3.63, 3.8) is 0 Å². The Kier molecular flexibility index (Phi) is 10.8. The summed E-state index contributed by atoms with van der Waals surface area (Å²) in [4.78, 5) is 0. The van der Waals surface area contributed by atoms with Gasteiger partial charge in [-0.3, -0.25) is 0 Å². The molecular weight excluding hydrogens is 649 g/mol. The number of rotatable bonds is 7. The van der Waals surface area contributed by atoms with E-state index in [1.807, 2.05) is 18.8 Å². The highest BCUT2D eigenvalue weighted by atomic mass is 19.3. The van der Waals surface area contributed by atoms with Gasteiger partial charge in [0.15, 0.2) is 17.5 Å². The van der Waals surface area contributed by atoms with Crippen LogP contribution in [0.1, 0.15) is 42.0 Å². The fourth-order valence-corrected chi connectivity index (χ4v) is 3.99. The van der Waals surface area contributed by atoms with Crippen LogP contribution in [0.15, 0.2) is 71.9 Å². The molecule has 47 heavy (non-hydrogen) atoms. The quantitative estimate of drug-likeness (QED) is 0.108. The van der Waals surface area contributed by atoms with Gasteiger partial charge in [0.2, 0.25) is 0 Å². The van der Waals surface area contributed by atoms with E-state index in [0.29, 0.717) is 25.2 Å². The van der Waals surface area contributed by atoms with Gasteiger partial charge in [0.1, 0.15) is 46.2 Å². The lowest BCUT2D eigenvalue weighted by atomic mass is 10.1. The molecule has 0 spiro atoms. The number of hydrogen-bond donors (Lipinski definition) is 0. The first kappa shape index (κ1) is 34.9. The molecule has 3 aromatic rings. The Labute approximate surface area is 260 Å². The van der Waals surface area contributed by atoms with E-state index in [1.54, 1.807) is 0 Å². The Morgan fingerprint density at radius 1 is 0.702 bits per heavy atom. The summed E-state index contributed by atoms with van der Waals surface area (Å²) in [6, 6.07) is 1.95. The van der Waals surface area contributed by atoms with Gasteiger partial charge in [-0.2, -0.15) is 8.78 Å². The molecule has 0 N–H and O–H groups in total. The van der Waals surface area contributed by atoms with Gasteiger partial charge in [0.25, 0.3) is 0 Å². The first-order valence-electron chi connectivity index (χ1n) is 13.5. The first-order chi connectivity index (χ1) is 22.2. The average Bonchev–Trinajstić information content (AvgIpc) is 3.10. The number of benzene rings is 3. The van der Waals surface area contributed by atoms with E-state index in [2.05, 4.69) is 16.6 Å². The van der Waals surface area contributed by atoms with Crippen LogP contribution in [0.2, 0.25) is 0 Å². The van der Waals surface area contributed by atoms with Gasteiger partial charge in [-0.25, -0.2) is 39.5 Å². The van der Waals surface area contributed by atoms with Crippen LogP contribution < -0.4 is 4.74 Å². The number of unbranched alkanes of at least 4 members (excludes halogenated alkanes) is 1. The molecule has 2 nitrogen and oxygen atoms in total. The average molecular weight is 669 g/mol. The number of ether oxygens (including phenoxy) is 2. The molecule has 0 radical (unpaired) electrons. The molecule has 0 amide bonds. The Morgan fingerprint density at radius 2 is 1.26 bits per heavy atom. The van der Waals surface area contributed by atoms with Crippen molar-refractivity contribution >= 4 is 0 Å². The molecule has 0 bridgehead atoms. The third-order valence-electron chi connectivity index (χ3n) is 6.27. The van der Waals surface area contributed by atoms with Crippen LogP contribution in [-0.4, -0.2) is 12.7 Å². The molecule has 0 aromatic heterocycles. The van der Waals surface area contributed by atoms with Crippen molar-refractivity contribution in [1.82, 2.24) is 0 Å². The minimum atomic E-state index is -4.86. The summed E-state index contributed by atoms with van der Waals surface area (Å²) in [5.74, 6) is -7.36. The van der Waals surface area contributed by atoms with Crippen LogP contribution in [0, 0.1) is 64.4 Å². The van der Waals surface area contributed by atoms with E-state index < -0.39 is 92.6 Å². The van der Waals surface area contributed by atoms with Crippen LogP contribution in [-0.2, 0) is 10.8 Å². The highest BCUT2D eigenvalue weighted by Crippen LogP contribution is 2.36. The summed E-state index contributed by atoms with van der Waals surface area (Å²) in [6.45, 7) is 2.22. The largest absolute Gasteiger partial charge is 0.432 e. The second-order valence-corrected chi connectivity index (χ2v) is 9.74. The minimum absolute atomic E-state index is 0.0291. The van der Waals surface area contributed by atoms with Gasteiger partial charge in [0, 0.05) is 29.9 Å². The standard InChI is InChI=1S/C34H19F11O2/c1-2-3-10-46-20-6-9-24(35)22(27(38)15-20)7-4-18-11-25(36)23(26(37)12-18)8-5-19-13-28(39)32(29(40)14-19)34(44,45)47-21-16-30(41)33(43)31(42)17-21/h6,9,11-17,20H,2-3,10H2,1H3. The molecular formula is C34H19F11O2. The summed E-state index contributed by atoms with van der Waals surface area (Å²) in [6.07, 6.45) is -0.993. The van der Waals surface area contributed by atoms with E-state index in [9.17, 15) is 48.3 Å². The molecule has 0 aliphatic heterocycles. The van der Waals surface area contributed by atoms with E-state index in [0.717, 1.165) is 18.6 Å². The lowest BCUT2D eigenvalue weighted by molar-refractivity contribution is -0.189. The van der Waals surface area contributed by atoms with Crippen molar-refractivity contribution < 1.29 is 57.8 Å². The molecule has 1 aliphatic carbocycles. The number of halogens is 11. The Hall–Kier alpha value is -5.01. The lowest BCUT2D eigenvalue weighted by Gasteiger charge is -2.19. The Morgan fingerprint density at radius 3 is 1.83 bits per heavy atom. The smallest absolute Gasteiger partial charge is 0.429 e. The van der Waals surface area contributed by atoms with Crippen molar-refractivity contribution in [1.29, 1.82) is 0 Å². The predicted octanol–water partition coefficient (Wildman–Crippen LogP) is 9.37. The monoisotopic (exact) mass is 668 g/mol. The summed E-state index contributed by atoms with van der Waals surface area (Å²) < 4.78 is 166. The molecule has 4 rings (SSSR count). The van der Waals surface area contributed by atoms with Crippen molar-refractivity contribution in [2.75, 3.05) is 6.61 Å². The normalized spacial score (nSPS) is 14.6. The van der Waals surface area contributed by atoms with Gasteiger partial charge in [-0.05, 0) is 48.9 Å². The molecule has 13 heteroatoms. The fourth-order valence-electron chi connectivity index (χ4n) is 3.99. The first-order valence-corrected chi connectivity index (χ1v) is 13.5. The molecule has 1 aliphatic rings. The van der Waals surface area contributed by atoms with E-state index in [-0.39, 0.29) is 29.8 Å². The Balaban J connectivity index is 1.56. The van der Waals surface area contributed by atoms with Gasteiger partial charge in [-0.15, -0.1) is 0 Å². The maximum atomic E-state index is 14.7. The van der Waals surface area contributed by atoms with Crippen LogP contribution in [0.5, 0.6) is 5.75 Å². The third kappa shape index (κ3) is 8.43. The zero-order chi connectivity index (χ0) is 34.5. The third-order valence-corrected chi connectivity index (χ3v) is 6.27. The van der Waals surface area contributed by atoms with E-state index in [1.165, 1.54) is 6.08 Å². The van der Waals surface area contributed by atoms with Gasteiger partial charge >= 0.3 is 6.11 Å². The van der Waals surface area contributed by atoms with Crippen molar-refractivity contribution in [3.8, 4) is 29.4 Å². The number of hydrogen-bond acceptors (Lipinski definition) is 2. The molecule has 0 heterocycles. The SMILES string of the molecule is CCCCOC1C=CC(F)=C(C#Cc2cc(F)c(C#Cc3cc(F)c(C(F)(F)Oc4cc(F)c(F)c(F)c4)c(F)c3)c(F)c2)C(F)=C1. The van der Waals surface area contributed by atoms with Crippen LogP contribution >= 0.6 is 0 Å². The predicted molar refractivity (Wildman–Crippen MR) is 148 cm³/mol. The number of allylic oxidation sites excluding steroid dienone is 4. The maximum Gasteiger partial charge on any atom is 0.432 e. The van der Waals surface area contributed by atoms with Gasteiger partial charge in [0.05, 0.1) is 17.2 Å². The Bertz CT molecular complexity index is 1850. The van der Waals surface area contributed by atoms with E-state index in [4.69, 9.17) is 4.74 Å². The van der Waals surface area contributed by atoms with Gasteiger partial charge in [-0.1, -0.05) is 37.0 Å². The summed E-state index contributed by atoms with van der Waals surface area (Å²) >= 11 is 0. The van der Waals surface area contributed by atoms with Crippen LogP contribution in [0.25, 0.3) is 0 Å². The molecule has 1 unspecified atom stereocenters. The van der Waals surface area contributed by atoms with Crippen molar-refractivity contribution in [3.05, 3.63) is 135 Å². The van der Waals surface area contributed by atoms with E-state index >= 15 is 0 Å². The van der Waals surface area contributed by atoms with Gasteiger partial charge < -0.3 is 9.47 Å². The molecule has 0 saturated heterocycles. The van der Waals surface area contributed by atoms with Crippen molar-refractivity contribution in [2.45, 2.75) is 32.0 Å². The maximum absolute atomic E-state index is 14.7. The zero-order valence-electron chi connectivity index (χ0n) is 23.9. The molecule has 0 saturated carbocycles. The zero-order valence-corrected chi connectivity index (χ0v) is 23.9. The topological polar surface area (TPSA) is 18.5 Å². The van der Waals surface area contributed by atoms with Crippen LogP contribution in [0.4, 0.5) is 48.3 Å². The van der Waals surface area contributed by atoms with Crippen molar-refractivity contribution in [2.24, 2.45) is 0 Å². The lowest BCUT2D eigenvalue weighted by Crippen LogP contribution is -2.25. The summed E-state index contributed by atoms with van der Waals surface area (Å²) in [5.41, 5.74) is -4.63. The number of alkyl halides is 2. The highest BCUT2D eigenvalue weighted by Gasteiger charge is 2.41. The minimum Gasteiger partial charge on any atom is -0.429 e. The highest BCUT2D eigenvalue weighted by molar-refractivity contribution is 5.54. The molecule has 244 valence electrons. The molecule has 0 fully saturated rings. The summed E-state index contributed by atoms with van der Waals surface area (Å²) in [5, 5.41) is 0.